The Balaban J connectivity index is 1.49. The number of aliphatic hydroxyl groups is 2. The molecule has 4 fully saturated rings. The Kier molecular flexibility index (Phi) is 7.66. The Hall–Kier alpha value is -0.120. The fourth-order valence-electron chi connectivity index (χ4n) is 9.58. The number of hydrogen-bond donors (Lipinski definition) is 2. The number of ether oxygens (including phenoxy) is 1. The van der Waals surface area contributed by atoms with E-state index in [1.54, 1.807) is 0 Å². The van der Waals surface area contributed by atoms with Crippen LogP contribution in [0.4, 0.5) is 0 Å². The van der Waals surface area contributed by atoms with Gasteiger partial charge in [-0.1, -0.05) is 34.6 Å². The van der Waals surface area contributed by atoms with E-state index in [1.807, 2.05) is 0 Å². The summed E-state index contributed by atoms with van der Waals surface area (Å²) in [5.74, 6) is 4.24. The van der Waals surface area contributed by atoms with Gasteiger partial charge < -0.3 is 14.9 Å². The smallest absolute Gasteiger partial charge is 0.0648 e. The molecule has 0 aromatic rings. The third-order valence-electron chi connectivity index (χ3n) is 11.9. The fraction of sp³-hybridized carbons (Fsp3) is 1.00. The van der Waals surface area contributed by atoms with Crippen molar-refractivity contribution in [2.24, 2.45) is 46.3 Å². The average Bonchev–Trinajstić information content (AvgIpc) is 3.14. The largest absolute Gasteiger partial charge is 0.393 e. The van der Waals surface area contributed by atoms with Crippen LogP contribution in [0, 0.1) is 46.3 Å². The lowest BCUT2D eigenvalue weighted by molar-refractivity contribution is -0.157. The van der Waals surface area contributed by atoms with E-state index in [1.165, 1.54) is 44.9 Å². The molecule has 10 atom stereocenters. The van der Waals surface area contributed by atoms with Crippen LogP contribution in [0.1, 0.15) is 119 Å². The predicted octanol–water partition coefficient (Wildman–Crippen LogP) is 6.99. The van der Waals surface area contributed by atoms with Gasteiger partial charge in [0.15, 0.2) is 0 Å². The number of fused-ring (bicyclic) bond motifs is 5. The van der Waals surface area contributed by atoms with E-state index >= 15 is 0 Å². The molecular weight excluding hydrogens is 408 g/mol. The van der Waals surface area contributed by atoms with Crippen LogP contribution in [0.25, 0.3) is 0 Å². The molecule has 4 aliphatic carbocycles. The normalized spacial score (nSPS) is 47.0. The molecule has 0 amide bonds. The zero-order chi connectivity index (χ0) is 24.0. The quantitative estimate of drug-likeness (QED) is 0.409. The first kappa shape index (κ1) is 26.0. The molecule has 4 aliphatic rings. The third-order valence-corrected chi connectivity index (χ3v) is 11.9. The van der Waals surface area contributed by atoms with Crippen molar-refractivity contribution in [3.8, 4) is 0 Å². The van der Waals surface area contributed by atoms with Gasteiger partial charge in [-0.3, -0.25) is 0 Å². The zero-order valence-electron chi connectivity index (χ0n) is 22.6. The topological polar surface area (TPSA) is 49.7 Å². The minimum Gasteiger partial charge on any atom is -0.393 e. The van der Waals surface area contributed by atoms with Gasteiger partial charge in [0.2, 0.25) is 0 Å². The van der Waals surface area contributed by atoms with E-state index in [9.17, 15) is 10.2 Å². The summed E-state index contributed by atoms with van der Waals surface area (Å²) in [4.78, 5) is 0. The highest BCUT2D eigenvalue weighted by atomic mass is 16.5. The molecule has 4 saturated carbocycles. The van der Waals surface area contributed by atoms with Gasteiger partial charge in [0.25, 0.3) is 0 Å². The molecule has 192 valence electrons. The second-order valence-corrected chi connectivity index (χ2v) is 13.5. The summed E-state index contributed by atoms with van der Waals surface area (Å²) < 4.78 is 6.41. The molecule has 0 heterocycles. The minimum absolute atomic E-state index is 0.211. The molecular formula is C30H54O3. The van der Waals surface area contributed by atoms with Gasteiger partial charge in [0, 0.05) is 6.61 Å². The highest BCUT2D eigenvalue weighted by molar-refractivity contribution is 5.11. The monoisotopic (exact) mass is 462 g/mol. The van der Waals surface area contributed by atoms with Crippen LogP contribution in [0.15, 0.2) is 0 Å². The minimum atomic E-state index is -0.399. The highest BCUT2D eigenvalue weighted by Crippen LogP contribution is 2.68. The summed E-state index contributed by atoms with van der Waals surface area (Å²) in [5, 5.41) is 21.5. The van der Waals surface area contributed by atoms with Crippen molar-refractivity contribution in [1.82, 2.24) is 0 Å². The van der Waals surface area contributed by atoms with Gasteiger partial charge in [-0.2, -0.15) is 0 Å². The van der Waals surface area contributed by atoms with Crippen LogP contribution in [0.3, 0.4) is 0 Å². The number of hydrogen-bond acceptors (Lipinski definition) is 3. The molecule has 3 heteroatoms. The summed E-state index contributed by atoms with van der Waals surface area (Å²) in [7, 11) is 0. The lowest BCUT2D eigenvalue weighted by Gasteiger charge is -2.62. The first-order chi connectivity index (χ1) is 15.6. The van der Waals surface area contributed by atoms with Crippen LogP contribution in [-0.2, 0) is 4.74 Å². The summed E-state index contributed by atoms with van der Waals surface area (Å²) >= 11 is 0. The maximum Gasteiger partial charge on any atom is 0.0648 e. The predicted molar refractivity (Wildman–Crippen MR) is 136 cm³/mol. The maximum atomic E-state index is 11.1. The van der Waals surface area contributed by atoms with Gasteiger partial charge in [-0.05, 0) is 130 Å². The molecule has 4 rings (SSSR count). The van der Waals surface area contributed by atoms with Gasteiger partial charge in [0.1, 0.15) is 0 Å². The van der Waals surface area contributed by atoms with E-state index in [-0.39, 0.29) is 6.10 Å². The van der Waals surface area contributed by atoms with Crippen molar-refractivity contribution in [2.45, 2.75) is 136 Å². The summed E-state index contributed by atoms with van der Waals surface area (Å²) in [6, 6.07) is 0. The first-order valence-electron chi connectivity index (χ1n) is 14.6. The van der Waals surface area contributed by atoms with Crippen molar-refractivity contribution in [3.63, 3.8) is 0 Å². The van der Waals surface area contributed by atoms with E-state index in [0.29, 0.717) is 34.7 Å². The van der Waals surface area contributed by atoms with Gasteiger partial charge in [-0.25, -0.2) is 0 Å². The Bertz CT molecular complexity index is 663. The molecule has 0 radical (unpaired) electrons. The van der Waals surface area contributed by atoms with Crippen LogP contribution in [0.2, 0.25) is 0 Å². The first-order valence-corrected chi connectivity index (χ1v) is 14.6. The lowest BCUT2D eigenvalue weighted by atomic mass is 9.43. The van der Waals surface area contributed by atoms with Crippen molar-refractivity contribution < 1.29 is 14.9 Å². The Morgan fingerprint density at radius 1 is 0.879 bits per heavy atom. The zero-order valence-corrected chi connectivity index (χ0v) is 22.6. The van der Waals surface area contributed by atoms with Crippen LogP contribution in [0.5, 0.6) is 0 Å². The van der Waals surface area contributed by atoms with Gasteiger partial charge in [0.05, 0.1) is 17.8 Å². The Labute approximate surface area is 204 Å². The summed E-state index contributed by atoms with van der Waals surface area (Å²) in [6.45, 7) is 14.6. The summed E-state index contributed by atoms with van der Waals surface area (Å²) in [5.41, 5.74) is 0.431. The lowest BCUT2D eigenvalue weighted by Crippen LogP contribution is -2.56. The standard InChI is InChI=1S/C30H54O3/c1-7-30(32)18-17-28(5)21(19-30)9-10-22-23-11-12-25(29(23,6)16-15-24(22)28)27(33-8-2)14-13-26(31)20(3)4/h20-27,31-32H,7-19H2,1-6H3/t21-,22+,23+,24+,25-,26+,27-,28+,29+,30+/m1/s1. The molecule has 3 nitrogen and oxygen atoms in total. The molecule has 0 saturated heterocycles. The van der Waals surface area contributed by atoms with Crippen molar-refractivity contribution >= 4 is 0 Å². The number of rotatable bonds is 8. The molecule has 0 aliphatic heterocycles. The Morgan fingerprint density at radius 3 is 2.27 bits per heavy atom. The number of aliphatic hydroxyl groups excluding tert-OH is 1. The van der Waals surface area contributed by atoms with Gasteiger partial charge in [-0.15, -0.1) is 0 Å². The second-order valence-electron chi connectivity index (χ2n) is 13.5. The van der Waals surface area contributed by atoms with E-state index in [4.69, 9.17) is 4.74 Å². The third kappa shape index (κ3) is 4.57. The molecule has 33 heavy (non-hydrogen) atoms. The molecule has 0 aromatic heterocycles. The van der Waals surface area contributed by atoms with Crippen molar-refractivity contribution in [2.75, 3.05) is 6.61 Å². The van der Waals surface area contributed by atoms with Crippen LogP contribution >= 0.6 is 0 Å². The fourth-order valence-corrected chi connectivity index (χ4v) is 9.58. The molecule has 2 N–H and O–H groups in total. The van der Waals surface area contributed by atoms with Crippen molar-refractivity contribution in [1.29, 1.82) is 0 Å². The van der Waals surface area contributed by atoms with E-state index in [2.05, 4.69) is 41.5 Å². The molecule has 0 spiro atoms. The molecule has 0 aromatic carbocycles. The second kappa shape index (κ2) is 9.74. The molecule has 0 bridgehead atoms. The van der Waals surface area contributed by atoms with Gasteiger partial charge >= 0.3 is 0 Å². The SMILES string of the molecule is CCO[C@H](CC[C@H](O)C(C)C)[C@H]1CC[C@H]2[C@@H]3CC[C@@H]4C[C@](O)(CC)CC[C@]4(C)[C@H]3CC[C@]12C. The Morgan fingerprint density at radius 2 is 1.61 bits per heavy atom. The van der Waals surface area contributed by atoms with Crippen LogP contribution < -0.4 is 0 Å². The highest BCUT2D eigenvalue weighted by Gasteiger charge is 2.61. The maximum absolute atomic E-state index is 11.1. The van der Waals surface area contributed by atoms with E-state index < -0.39 is 5.60 Å². The van der Waals surface area contributed by atoms with E-state index in [0.717, 1.165) is 56.5 Å². The van der Waals surface area contributed by atoms with Crippen molar-refractivity contribution in [3.05, 3.63) is 0 Å². The average molecular weight is 463 g/mol. The summed E-state index contributed by atoms with van der Waals surface area (Å²) in [6.07, 6.45) is 14.3. The molecule has 0 unspecified atom stereocenters. The van der Waals surface area contributed by atoms with Crippen LogP contribution in [-0.4, -0.2) is 34.6 Å².